The highest BCUT2D eigenvalue weighted by atomic mass is 31.2. The average molecular weight is 707 g/mol. The van der Waals surface area contributed by atoms with E-state index in [1.807, 2.05) is 0 Å². The van der Waals surface area contributed by atoms with E-state index in [0.717, 1.165) is 25.7 Å². The number of aliphatic hydroxyl groups is 1. The second-order valence-electron chi connectivity index (χ2n) is 13.0. The van der Waals surface area contributed by atoms with Gasteiger partial charge in [-0.25, -0.2) is 9.36 Å². The molecule has 3 N–H and O–H groups in total. The third-order valence-corrected chi connectivity index (χ3v) is 10.5. The number of hydrogen-bond donors (Lipinski definition) is 3. The molecule has 0 spiro atoms. The monoisotopic (exact) mass is 706 g/mol. The number of unbranched alkanes of at least 4 members (excludes halogenated alkanes) is 11. The second-order valence-corrected chi connectivity index (χ2v) is 20.1. The summed E-state index contributed by atoms with van der Waals surface area (Å²) in [4.78, 5) is 34.7. The van der Waals surface area contributed by atoms with E-state index in [-0.39, 0.29) is 6.61 Å². The summed E-state index contributed by atoms with van der Waals surface area (Å²) in [6.45, 7) is 6.93. The van der Waals surface area contributed by atoms with Crippen molar-refractivity contribution in [2.45, 2.75) is 140 Å². The second kappa shape index (κ2) is 19.6. The van der Waals surface area contributed by atoms with E-state index in [1.165, 1.54) is 57.4 Å². The Morgan fingerprint density at radius 3 is 2.07 bits per heavy atom. The minimum Gasteiger partial charge on any atom is -0.390 e. The molecule has 1 saturated heterocycles. The Morgan fingerprint density at radius 2 is 1.52 bits per heavy atom. The fourth-order valence-electron chi connectivity index (χ4n) is 5.22. The SMILES string of the molecule is C[Si](C)(C)CCCCCCCCCCCCCCOCCOP(=O)(O)O[C@@H]([C@H]1O[C@@H](n2cc(F)c(=O)[nH]c2=O)C[C@@H]1O)C(F)(F)F. The van der Waals surface area contributed by atoms with E-state index in [0.29, 0.717) is 17.4 Å². The molecule has 268 valence electrons. The van der Waals surface area contributed by atoms with Crippen LogP contribution in [0.5, 0.6) is 0 Å². The Morgan fingerprint density at radius 1 is 0.978 bits per heavy atom. The molecule has 11 nitrogen and oxygen atoms in total. The molecule has 1 aromatic heterocycles. The van der Waals surface area contributed by atoms with Gasteiger partial charge in [0.05, 0.1) is 25.5 Å². The number of H-pyrrole nitrogens is 1. The first-order valence-electron chi connectivity index (χ1n) is 16.1. The number of rotatable bonds is 23. The van der Waals surface area contributed by atoms with Crippen LogP contribution in [-0.2, 0) is 23.1 Å². The van der Waals surface area contributed by atoms with Crippen molar-refractivity contribution in [2.24, 2.45) is 0 Å². The first-order valence-corrected chi connectivity index (χ1v) is 21.3. The maximum absolute atomic E-state index is 13.8. The van der Waals surface area contributed by atoms with Gasteiger partial charge in [-0.05, 0) is 6.42 Å². The van der Waals surface area contributed by atoms with Crippen molar-refractivity contribution in [1.29, 1.82) is 0 Å². The number of ether oxygens (including phenoxy) is 2. The quantitative estimate of drug-likeness (QED) is 0.0507. The van der Waals surface area contributed by atoms with Crippen LogP contribution in [0.3, 0.4) is 0 Å². The fourth-order valence-corrected chi connectivity index (χ4v) is 7.42. The van der Waals surface area contributed by atoms with Gasteiger partial charge in [0.25, 0.3) is 5.56 Å². The summed E-state index contributed by atoms with van der Waals surface area (Å²) in [6, 6.07) is 1.42. The van der Waals surface area contributed by atoms with Gasteiger partial charge in [0.2, 0.25) is 5.82 Å². The molecule has 0 aromatic carbocycles. The molecular weight excluding hydrogens is 655 g/mol. The van der Waals surface area contributed by atoms with Crippen LogP contribution >= 0.6 is 7.82 Å². The maximum Gasteiger partial charge on any atom is 0.472 e. The highest BCUT2D eigenvalue weighted by Gasteiger charge is 2.55. The summed E-state index contributed by atoms with van der Waals surface area (Å²) in [5.41, 5.74) is -2.54. The summed E-state index contributed by atoms with van der Waals surface area (Å²) >= 11 is 0. The molecule has 0 saturated carbocycles. The van der Waals surface area contributed by atoms with Crippen molar-refractivity contribution in [1.82, 2.24) is 9.55 Å². The van der Waals surface area contributed by atoms with Crippen molar-refractivity contribution >= 4 is 15.9 Å². The number of aliphatic hydroxyl groups excluding tert-OH is 1. The van der Waals surface area contributed by atoms with Gasteiger partial charge in [-0.15, -0.1) is 0 Å². The molecule has 5 atom stereocenters. The van der Waals surface area contributed by atoms with Crippen molar-refractivity contribution in [3.63, 3.8) is 0 Å². The van der Waals surface area contributed by atoms with Crippen LogP contribution in [0.1, 0.15) is 89.7 Å². The average Bonchev–Trinajstić information content (AvgIpc) is 3.32. The minimum absolute atomic E-state index is 0.159. The molecule has 46 heavy (non-hydrogen) atoms. The van der Waals surface area contributed by atoms with Gasteiger partial charge in [0.1, 0.15) is 12.3 Å². The number of phosphoric ester groups is 1. The molecule has 1 unspecified atom stereocenters. The maximum atomic E-state index is 13.8. The lowest BCUT2D eigenvalue weighted by Gasteiger charge is -2.28. The Balaban J connectivity index is 1.60. The van der Waals surface area contributed by atoms with Gasteiger partial charge in [0, 0.05) is 21.1 Å². The lowest BCUT2D eigenvalue weighted by molar-refractivity contribution is -0.240. The first-order chi connectivity index (χ1) is 21.5. The summed E-state index contributed by atoms with van der Waals surface area (Å²) in [5.74, 6) is -1.41. The van der Waals surface area contributed by atoms with Crippen molar-refractivity contribution < 1.29 is 50.6 Å². The zero-order chi connectivity index (χ0) is 34.4. The fraction of sp³-hybridized carbons (Fsp3) is 0.862. The summed E-state index contributed by atoms with van der Waals surface area (Å²) in [5, 5.41) is 10.2. The molecule has 0 amide bonds. The van der Waals surface area contributed by atoms with E-state index in [1.54, 1.807) is 4.98 Å². The number of aromatic nitrogens is 2. The normalized spacial score (nSPS) is 21.0. The van der Waals surface area contributed by atoms with E-state index < -0.39 is 76.7 Å². The third kappa shape index (κ3) is 15.7. The summed E-state index contributed by atoms with van der Waals surface area (Å²) in [6.07, 6.45) is -0.145. The van der Waals surface area contributed by atoms with Crippen molar-refractivity contribution in [3.05, 3.63) is 32.9 Å². The zero-order valence-corrected chi connectivity index (χ0v) is 29.0. The molecular formula is C29H51F4N2O9PSi. The van der Waals surface area contributed by atoms with E-state index >= 15 is 0 Å². The Hall–Kier alpha value is -1.39. The first kappa shape index (κ1) is 40.8. The number of alkyl halides is 3. The van der Waals surface area contributed by atoms with E-state index in [4.69, 9.17) is 9.47 Å². The summed E-state index contributed by atoms with van der Waals surface area (Å²) in [7, 11) is -6.20. The molecule has 1 aliphatic heterocycles. The molecule has 2 heterocycles. The van der Waals surface area contributed by atoms with Crippen LogP contribution in [0.15, 0.2) is 15.8 Å². The Labute approximate surface area is 268 Å². The number of nitrogens with one attached hydrogen (secondary N) is 1. The minimum atomic E-state index is -5.30. The molecule has 1 fully saturated rings. The van der Waals surface area contributed by atoms with Gasteiger partial charge in [-0.2, -0.15) is 17.6 Å². The smallest absolute Gasteiger partial charge is 0.390 e. The topological polar surface area (TPSA) is 149 Å². The predicted octanol–water partition coefficient (Wildman–Crippen LogP) is 6.42. The molecule has 17 heteroatoms. The van der Waals surface area contributed by atoms with Crippen LogP contribution in [-0.4, -0.2) is 71.9 Å². The molecule has 0 radical (unpaired) electrons. The van der Waals surface area contributed by atoms with Gasteiger partial charge in [-0.3, -0.25) is 23.4 Å². The number of nitrogens with zero attached hydrogens (tertiary/aromatic N) is 1. The van der Waals surface area contributed by atoms with Crippen LogP contribution in [0, 0.1) is 5.82 Å². The molecule has 1 aromatic rings. The Kier molecular flexibility index (Phi) is 17.3. The van der Waals surface area contributed by atoms with Gasteiger partial charge >= 0.3 is 19.7 Å². The number of aromatic amines is 1. The third-order valence-electron chi connectivity index (χ3n) is 7.69. The van der Waals surface area contributed by atoms with Gasteiger partial charge in [-0.1, -0.05) is 96.3 Å². The van der Waals surface area contributed by atoms with Crippen LogP contribution in [0.2, 0.25) is 25.7 Å². The van der Waals surface area contributed by atoms with Crippen LogP contribution < -0.4 is 11.2 Å². The van der Waals surface area contributed by atoms with E-state index in [9.17, 15) is 41.7 Å². The molecule has 0 aliphatic carbocycles. The number of phosphoric acid groups is 1. The number of hydrogen-bond acceptors (Lipinski definition) is 8. The highest BCUT2D eigenvalue weighted by molar-refractivity contribution is 7.47. The summed E-state index contributed by atoms with van der Waals surface area (Å²) < 4.78 is 87.1. The van der Waals surface area contributed by atoms with E-state index in [2.05, 4.69) is 28.7 Å². The largest absolute Gasteiger partial charge is 0.472 e. The predicted molar refractivity (Wildman–Crippen MR) is 167 cm³/mol. The lowest BCUT2D eigenvalue weighted by atomic mass is 10.1. The van der Waals surface area contributed by atoms with Gasteiger partial charge in [0.15, 0.2) is 6.10 Å². The lowest BCUT2D eigenvalue weighted by Crippen LogP contribution is -2.46. The molecule has 1 aliphatic rings. The van der Waals surface area contributed by atoms with Crippen LogP contribution in [0.4, 0.5) is 17.6 Å². The van der Waals surface area contributed by atoms with Crippen LogP contribution in [0.25, 0.3) is 0 Å². The van der Waals surface area contributed by atoms with Crippen molar-refractivity contribution in [2.75, 3.05) is 19.8 Å². The number of halogens is 4. The molecule has 2 rings (SSSR count). The van der Waals surface area contributed by atoms with Crippen molar-refractivity contribution in [3.8, 4) is 0 Å². The highest BCUT2D eigenvalue weighted by Crippen LogP contribution is 2.49. The standard InChI is InChI=1S/C29H51F4N2O9PSi/c1-46(2,3)19-15-13-11-9-7-5-4-6-8-10-12-14-16-41-17-18-42-45(39,40)44-26(29(31,32)33)25-23(36)20-24(43-25)35-21-22(30)27(37)34-28(35)38/h21,23-26,36H,4-20H2,1-3H3,(H,39,40)(H,34,37,38)/t23-,24+,25-,26-/m0/s1. The van der Waals surface area contributed by atoms with Gasteiger partial charge < -0.3 is 19.5 Å². The Bertz CT molecular complexity index is 1190. The molecule has 0 bridgehead atoms. The zero-order valence-electron chi connectivity index (χ0n) is 27.1.